The summed E-state index contributed by atoms with van der Waals surface area (Å²) in [6.07, 6.45) is 7.10. The number of rotatable bonds is 7. The molecule has 0 saturated heterocycles. The second-order valence-electron chi connectivity index (χ2n) is 5.19. The van der Waals surface area contributed by atoms with Crippen LogP contribution in [0.4, 0.5) is 4.79 Å². The Morgan fingerprint density at radius 1 is 1.16 bits per heavy atom. The zero-order valence-corrected chi connectivity index (χ0v) is 12.0. The fourth-order valence-electron chi connectivity index (χ4n) is 1.26. The summed E-state index contributed by atoms with van der Waals surface area (Å²) in [5.74, 6) is 2.48. The Morgan fingerprint density at radius 3 is 2.37 bits per heavy atom. The van der Waals surface area contributed by atoms with Crippen LogP contribution in [-0.4, -0.2) is 30.7 Å². The van der Waals surface area contributed by atoms with Crippen molar-refractivity contribution in [3.05, 3.63) is 0 Å². The first-order valence-electron chi connectivity index (χ1n) is 6.52. The van der Waals surface area contributed by atoms with Crippen LogP contribution in [0.5, 0.6) is 0 Å². The van der Waals surface area contributed by atoms with E-state index in [1.807, 2.05) is 20.8 Å². The molecular formula is C14H24N2O3. The lowest BCUT2D eigenvalue weighted by atomic mass is 10.2. The molecule has 0 spiro atoms. The van der Waals surface area contributed by atoms with Gasteiger partial charge >= 0.3 is 6.09 Å². The SMILES string of the molecule is C#CCCCC(=O)NCCCNC(=O)OC(C)(C)C. The van der Waals surface area contributed by atoms with Crippen LogP contribution in [-0.2, 0) is 9.53 Å². The molecule has 0 fully saturated rings. The summed E-state index contributed by atoms with van der Waals surface area (Å²) in [6.45, 7) is 6.43. The minimum absolute atomic E-state index is 0.00693. The largest absolute Gasteiger partial charge is 0.444 e. The van der Waals surface area contributed by atoms with Crippen LogP contribution in [0.3, 0.4) is 0 Å². The molecule has 5 nitrogen and oxygen atoms in total. The Labute approximate surface area is 115 Å². The molecule has 5 heteroatoms. The van der Waals surface area contributed by atoms with Gasteiger partial charge in [-0.15, -0.1) is 12.3 Å². The van der Waals surface area contributed by atoms with Gasteiger partial charge in [0.05, 0.1) is 0 Å². The van der Waals surface area contributed by atoms with E-state index < -0.39 is 11.7 Å². The molecule has 0 heterocycles. The summed E-state index contributed by atoms with van der Waals surface area (Å²) >= 11 is 0. The molecule has 2 amide bonds. The van der Waals surface area contributed by atoms with Gasteiger partial charge in [-0.3, -0.25) is 4.79 Å². The van der Waals surface area contributed by atoms with Crippen LogP contribution >= 0.6 is 0 Å². The minimum Gasteiger partial charge on any atom is -0.444 e. The van der Waals surface area contributed by atoms with E-state index in [1.165, 1.54) is 0 Å². The quantitative estimate of drug-likeness (QED) is 0.546. The number of hydrogen-bond acceptors (Lipinski definition) is 3. The van der Waals surface area contributed by atoms with Crippen LogP contribution in [0.1, 0.15) is 46.5 Å². The summed E-state index contributed by atoms with van der Waals surface area (Å²) < 4.78 is 5.07. The summed E-state index contributed by atoms with van der Waals surface area (Å²) in [5.41, 5.74) is -0.491. The van der Waals surface area contributed by atoms with Gasteiger partial charge in [0.15, 0.2) is 0 Å². The zero-order chi connectivity index (χ0) is 14.7. The van der Waals surface area contributed by atoms with E-state index in [4.69, 9.17) is 11.2 Å². The lowest BCUT2D eigenvalue weighted by molar-refractivity contribution is -0.121. The number of alkyl carbamates (subject to hydrolysis) is 1. The highest BCUT2D eigenvalue weighted by Crippen LogP contribution is 2.06. The summed E-state index contributed by atoms with van der Waals surface area (Å²) in [4.78, 5) is 22.6. The lowest BCUT2D eigenvalue weighted by Crippen LogP contribution is -2.34. The van der Waals surface area contributed by atoms with Gasteiger partial charge in [-0.05, 0) is 33.6 Å². The second kappa shape index (κ2) is 9.26. The van der Waals surface area contributed by atoms with Crippen molar-refractivity contribution in [3.63, 3.8) is 0 Å². The topological polar surface area (TPSA) is 67.4 Å². The number of amides is 2. The molecule has 0 aliphatic heterocycles. The normalized spacial score (nSPS) is 10.4. The van der Waals surface area contributed by atoms with Gasteiger partial charge in [0.25, 0.3) is 0 Å². The number of ether oxygens (including phenoxy) is 1. The molecule has 19 heavy (non-hydrogen) atoms. The molecule has 0 radical (unpaired) electrons. The smallest absolute Gasteiger partial charge is 0.407 e. The maximum atomic E-state index is 11.3. The molecule has 0 aliphatic carbocycles. The number of nitrogens with one attached hydrogen (secondary N) is 2. The molecule has 0 saturated carbocycles. The highest BCUT2D eigenvalue weighted by molar-refractivity contribution is 5.75. The predicted molar refractivity (Wildman–Crippen MR) is 74.5 cm³/mol. The molecule has 0 rings (SSSR count). The minimum atomic E-state index is -0.491. The molecule has 0 unspecified atom stereocenters. The first-order chi connectivity index (χ1) is 8.85. The lowest BCUT2D eigenvalue weighted by Gasteiger charge is -2.19. The molecule has 2 N–H and O–H groups in total. The molecular weight excluding hydrogens is 244 g/mol. The molecule has 0 aliphatic rings. The van der Waals surface area contributed by atoms with Crippen molar-refractivity contribution >= 4 is 12.0 Å². The van der Waals surface area contributed by atoms with E-state index in [2.05, 4.69) is 16.6 Å². The van der Waals surface area contributed by atoms with E-state index in [0.29, 0.717) is 38.8 Å². The first-order valence-corrected chi connectivity index (χ1v) is 6.52. The second-order valence-corrected chi connectivity index (χ2v) is 5.19. The Bertz CT molecular complexity index is 327. The summed E-state index contributed by atoms with van der Waals surface area (Å²) in [7, 11) is 0. The third-order valence-corrected chi connectivity index (χ3v) is 2.07. The van der Waals surface area contributed by atoms with Crippen molar-refractivity contribution in [1.82, 2.24) is 10.6 Å². The Kier molecular flexibility index (Phi) is 8.43. The number of hydrogen-bond donors (Lipinski definition) is 2. The van der Waals surface area contributed by atoms with E-state index in [0.717, 1.165) is 0 Å². The molecule has 0 atom stereocenters. The molecule has 0 bridgehead atoms. The van der Waals surface area contributed by atoms with Gasteiger partial charge in [0, 0.05) is 25.9 Å². The monoisotopic (exact) mass is 268 g/mol. The van der Waals surface area contributed by atoms with Gasteiger partial charge < -0.3 is 15.4 Å². The fraction of sp³-hybridized carbons (Fsp3) is 0.714. The number of terminal acetylenes is 1. The summed E-state index contributed by atoms with van der Waals surface area (Å²) in [6, 6.07) is 0. The van der Waals surface area contributed by atoms with E-state index in [-0.39, 0.29) is 5.91 Å². The van der Waals surface area contributed by atoms with Crippen molar-refractivity contribution < 1.29 is 14.3 Å². The van der Waals surface area contributed by atoms with Crippen LogP contribution in [0.25, 0.3) is 0 Å². The standard InChI is InChI=1S/C14H24N2O3/c1-5-6-7-9-12(17)15-10-8-11-16-13(18)19-14(2,3)4/h1H,6-11H2,2-4H3,(H,15,17)(H,16,18). The molecule has 0 aromatic heterocycles. The van der Waals surface area contributed by atoms with Gasteiger partial charge in [-0.2, -0.15) is 0 Å². The van der Waals surface area contributed by atoms with Crippen molar-refractivity contribution in [3.8, 4) is 12.3 Å². The van der Waals surface area contributed by atoms with Gasteiger partial charge in [-0.1, -0.05) is 0 Å². The van der Waals surface area contributed by atoms with E-state index >= 15 is 0 Å². The van der Waals surface area contributed by atoms with E-state index in [9.17, 15) is 9.59 Å². The molecule has 0 aromatic carbocycles. The molecule has 108 valence electrons. The van der Waals surface area contributed by atoms with Crippen LogP contribution in [0.15, 0.2) is 0 Å². The summed E-state index contributed by atoms with van der Waals surface area (Å²) in [5, 5.41) is 5.39. The Hall–Kier alpha value is -1.70. The highest BCUT2D eigenvalue weighted by Gasteiger charge is 2.15. The fourth-order valence-corrected chi connectivity index (χ4v) is 1.26. The number of carbonyl (C=O) groups excluding carboxylic acids is 2. The maximum absolute atomic E-state index is 11.3. The van der Waals surface area contributed by atoms with Gasteiger partial charge in [0.1, 0.15) is 5.60 Å². The molecule has 0 aromatic rings. The third kappa shape index (κ3) is 12.5. The van der Waals surface area contributed by atoms with Gasteiger partial charge in [0.2, 0.25) is 5.91 Å². The average molecular weight is 268 g/mol. The van der Waals surface area contributed by atoms with Crippen LogP contribution in [0, 0.1) is 12.3 Å². The first kappa shape index (κ1) is 17.3. The maximum Gasteiger partial charge on any atom is 0.407 e. The van der Waals surface area contributed by atoms with Crippen molar-refractivity contribution in [2.24, 2.45) is 0 Å². The van der Waals surface area contributed by atoms with Crippen molar-refractivity contribution in [2.45, 2.75) is 52.1 Å². The zero-order valence-electron chi connectivity index (χ0n) is 12.0. The van der Waals surface area contributed by atoms with Crippen LogP contribution < -0.4 is 10.6 Å². The van der Waals surface area contributed by atoms with Crippen molar-refractivity contribution in [1.29, 1.82) is 0 Å². The Morgan fingerprint density at radius 2 is 1.79 bits per heavy atom. The Balaban J connectivity index is 3.48. The van der Waals surface area contributed by atoms with E-state index in [1.54, 1.807) is 0 Å². The number of carbonyl (C=O) groups is 2. The third-order valence-electron chi connectivity index (χ3n) is 2.07. The van der Waals surface area contributed by atoms with Gasteiger partial charge in [-0.25, -0.2) is 4.79 Å². The van der Waals surface area contributed by atoms with Crippen molar-refractivity contribution in [2.75, 3.05) is 13.1 Å². The van der Waals surface area contributed by atoms with Crippen LogP contribution in [0.2, 0.25) is 0 Å². The number of unbranched alkanes of at least 4 members (excludes halogenated alkanes) is 1. The predicted octanol–water partition coefficient (Wildman–Crippen LogP) is 1.82. The average Bonchev–Trinajstić information content (AvgIpc) is 2.26. The highest BCUT2D eigenvalue weighted by atomic mass is 16.6.